The summed E-state index contributed by atoms with van der Waals surface area (Å²) >= 11 is 0. The van der Waals surface area contributed by atoms with Crippen LogP contribution in [0.2, 0.25) is 0 Å². The summed E-state index contributed by atoms with van der Waals surface area (Å²) in [5.41, 5.74) is 13.8. The first-order valence-corrected chi connectivity index (χ1v) is 17.1. The zero-order chi connectivity index (χ0) is 32.2. The Kier molecular flexibility index (Phi) is 6.66. The van der Waals surface area contributed by atoms with Gasteiger partial charge >= 0.3 is 0 Å². The van der Waals surface area contributed by atoms with Crippen molar-refractivity contribution in [2.45, 2.75) is 25.2 Å². The summed E-state index contributed by atoms with van der Waals surface area (Å²) in [5.74, 6) is 0.440. The van der Waals surface area contributed by atoms with Crippen molar-refractivity contribution in [1.82, 2.24) is 0 Å². The third-order valence-corrected chi connectivity index (χ3v) is 10.5. The van der Waals surface area contributed by atoms with Crippen molar-refractivity contribution in [3.8, 4) is 33.4 Å². The number of rotatable bonds is 5. The molecule has 0 aliphatic heterocycles. The Morgan fingerprint density at radius 1 is 0.375 bits per heavy atom. The summed E-state index contributed by atoms with van der Waals surface area (Å²) in [6.07, 6.45) is 0. The topological polar surface area (TPSA) is 0 Å². The van der Waals surface area contributed by atoms with E-state index in [1.807, 2.05) is 0 Å². The second-order valence-corrected chi connectivity index (χ2v) is 13.4. The number of fused-ring (bicyclic) bond motifs is 7. The number of hydrogen-bond acceptors (Lipinski definition) is 0. The second kappa shape index (κ2) is 11.2. The smallest absolute Gasteiger partial charge is 0.0622 e. The molecule has 0 heteroatoms. The van der Waals surface area contributed by atoms with Gasteiger partial charge in [0.25, 0.3) is 0 Å². The summed E-state index contributed by atoms with van der Waals surface area (Å²) < 4.78 is 0. The van der Waals surface area contributed by atoms with Gasteiger partial charge in [-0.15, -0.1) is 0 Å². The average Bonchev–Trinajstić information content (AvgIpc) is 3.46. The first-order chi connectivity index (χ1) is 23.6. The molecule has 0 unspecified atom stereocenters. The van der Waals surface area contributed by atoms with Gasteiger partial charge in [0.15, 0.2) is 0 Å². The summed E-state index contributed by atoms with van der Waals surface area (Å²) in [6, 6.07) is 65.6. The molecule has 8 aromatic rings. The van der Waals surface area contributed by atoms with Gasteiger partial charge in [0.1, 0.15) is 0 Å². The fourth-order valence-electron chi connectivity index (χ4n) is 8.27. The van der Waals surface area contributed by atoms with E-state index in [0.717, 1.165) is 0 Å². The molecule has 0 nitrogen and oxygen atoms in total. The van der Waals surface area contributed by atoms with E-state index in [1.54, 1.807) is 0 Å². The SMILES string of the molecule is CC(C)c1ccc2c(c1)-c1ccc3c(cc(-c4ccccc4)c4cc(-c5ccccc5)ccc43)c1C2(c1ccccc1)c1ccccc1. The van der Waals surface area contributed by atoms with Crippen LogP contribution in [0.4, 0.5) is 0 Å². The maximum absolute atomic E-state index is 2.50. The predicted octanol–water partition coefficient (Wildman–Crippen LogP) is 12.8. The minimum absolute atomic E-state index is 0.440. The van der Waals surface area contributed by atoms with Gasteiger partial charge in [-0.1, -0.05) is 178 Å². The van der Waals surface area contributed by atoms with Crippen molar-refractivity contribution in [3.63, 3.8) is 0 Å². The zero-order valence-corrected chi connectivity index (χ0v) is 27.3. The quantitative estimate of drug-likeness (QED) is 0.170. The summed E-state index contributed by atoms with van der Waals surface area (Å²) in [6.45, 7) is 4.59. The van der Waals surface area contributed by atoms with Gasteiger partial charge in [0.05, 0.1) is 5.41 Å². The van der Waals surface area contributed by atoms with Crippen molar-refractivity contribution in [1.29, 1.82) is 0 Å². The van der Waals surface area contributed by atoms with E-state index >= 15 is 0 Å². The lowest BCUT2D eigenvalue weighted by molar-refractivity contribution is 0.773. The van der Waals surface area contributed by atoms with E-state index in [1.165, 1.54) is 82.7 Å². The molecule has 0 heterocycles. The van der Waals surface area contributed by atoms with Gasteiger partial charge in [-0.3, -0.25) is 0 Å². The first-order valence-electron chi connectivity index (χ1n) is 17.1. The highest BCUT2D eigenvalue weighted by Crippen LogP contribution is 2.59. The maximum atomic E-state index is 2.50. The van der Waals surface area contributed by atoms with Crippen molar-refractivity contribution >= 4 is 21.5 Å². The zero-order valence-electron chi connectivity index (χ0n) is 27.3. The molecule has 0 N–H and O–H groups in total. The highest BCUT2D eigenvalue weighted by molar-refractivity contribution is 6.17. The van der Waals surface area contributed by atoms with E-state index in [0.29, 0.717) is 5.92 Å². The van der Waals surface area contributed by atoms with Crippen LogP contribution in [0.3, 0.4) is 0 Å². The molecular formula is C48H36. The molecule has 0 radical (unpaired) electrons. The molecule has 0 saturated heterocycles. The van der Waals surface area contributed by atoms with Crippen LogP contribution in [0.25, 0.3) is 54.9 Å². The fourth-order valence-corrected chi connectivity index (χ4v) is 8.27. The van der Waals surface area contributed by atoms with Gasteiger partial charge < -0.3 is 0 Å². The predicted molar refractivity (Wildman–Crippen MR) is 204 cm³/mol. The summed E-state index contributed by atoms with van der Waals surface area (Å²) in [7, 11) is 0. The first kappa shape index (κ1) is 28.5. The molecular weight excluding hydrogens is 577 g/mol. The number of hydrogen-bond donors (Lipinski definition) is 0. The van der Waals surface area contributed by atoms with E-state index in [2.05, 4.69) is 190 Å². The minimum Gasteiger partial charge on any atom is -0.0622 e. The Labute approximate surface area is 283 Å². The molecule has 0 saturated carbocycles. The molecule has 0 amide bonds. The van der Waals surface area contributed by atoms with E-state index < -0.39 is 5.41 Å². The Bertz CT molecular complexity index is 2400. The standard InChI is InChI=1S/C48H36/c1-32(2)35-24-28-46-44(29-35)41-27-26-40-39-25-23-36(33-15-7-3-8-16-33)30-43(39)42(34-17-9-4-10-18-34)31-45(40)47(41)48(46,37-19-11-5-12-20-37)38-21-13-6-14-22-38/h3-32H,1-2H3. The van der Waals surface area contributed by atoms with Crippen molar-refractivity contribution in [3.05, 3.63) is 204 Å². The van der Waals surface area contributed by atoms with E-state index in [4.69, 9.17) is 0 Å². The average molecular weight is 613 g/mol. The largest absolute Gasteiger partial charge is 0.0719 e. The van der Waals surface area contributed by atoms with Crippen molar-refractivity contribution < 1.29 is 0 Å². The Morgan fingerprint density at radius 2 is 0.938 bits per heavy atom. The molecule has 0 bridgehead atoms. The molecule has 0 aromatic heterocycles. The van der Waals surface area contributed by atoms with Gasteiger partial charge in [-0.05, 0) is 101 Å². The highest BCUT2D eigenvalue weighted by Gasteiger charge is 2.47. The summed E-state index contributed by atoms with van der Waals surface area (Å²) in [5, 5.41) is 5.15. The van der Waals surface area contributed by atoms with Crippen LogP contribution in [0.5, 0.6) is 0 Å². The normalized spacial score (nSPS) is 13.1. The Morgan fingerprint density at radius 3 is 1.56 bits per heavy atom. The van der Waals surface area contributed by atoms with Crippen LogP contribution in [-0.2, 0) is 5.41 Å². The molecule has 228 valence electrons. The Balaban J connectivity index is 1.47. The third-order valence-electron chi connectivity index (χ3n) is 10.5. The second-order valence-electron chi connectivity index (χ2n) is 13.4. The van der Waals surface area contributed by atoms with Gasteiger partial charge in [0, 0.05) is 0 Å². The van der Waals surface area contributed by atoms with Crippen molar-refractivity contribution in [2.75, 3.05) is 0 Å². The van der Waals surface area contributed by atoms with E-state index in [-0.39, 0.29) is 0 Å². The third kappa shape index (κ3) is 4.23. The minimum atomic E-state index is -0.478. The van der Waals surface area contributed by atoms with Gasteiger partial charge in [-0.25, -0.2) is 0 Å². The molecule has 48 heavy (non-hydrogen) atoms. The number of benzene rings is 8. The monoisotopic (exact) mass is 612 g/mol. The molecule has 1 aliphatic carbocycles. The Hall–Kier alpha value is -5.72. The van der Waals surface area contributed by atoms with Gasteiger partial charge in [-0.2, -0.15) is 0 Å². The van der Waals surface area contributed by atoms with Crippen LogP contribution in [0.15, 0.2) is 176 Å². The fraction of sp³-hybridized carbons (Fsp3) is 0.0833. The van der Waals surface area contributed by atoms with Crippen LogP contribution in [0, 0.1) is 0 Å². The summed E-state index contributed by atoms with van der Waals surface area (Å²) in [4.78, 5) is 0. The van der Waals surface area contributed by atoms with Gasteiger partial charge in [0.2, 0.25) is 0 Å². The van der Waals surface area contributed by atoms with Crippen LogP contribution in [-0.4, -0.2) is 0 Å². The van der Waals surface area contributed by atoms with Crippen LogP contribution in [0.1, 0.15) is 47.6 Å². The van der Waals surface area contributed by atoms with Crippen LogP contribution < -0.4 is 0 Å². The molecule has 9 rings (SSSR count). The molecule has 1 aliphatic rings. The molecule has 0 fully saturated rings. The molecule has 8 aromatic carbocycles. The van der Waals surface area contributed by atoms with E-state index in [9.17, 15) is 0 Å². The maximum Gasteiger partial charge on any atom is 0.0719 e. The molecule has 0 spiro atoms. The van der Waals surface area contributed by atoms with Crippen LogP contribution >= 0.6 is 0 Å². The highest BCUT2D eigenvalue weighted by atomic mass is 14.5. The van der Waals surface area contributed by atoms with Crippen molar-refractivity contribution in [2.24, 2.45) is 0 Å². The lowest BCUT2D eigenvalue weighted by Gasteiger charge is -2.35. The lowest BCUT2D eigenvalue weighted by atomic mass is 9.66. The molecule has 0 atom stereocenters. The lowest BCUT2D eigenvalue weighted by Crippen LogP contribution is -2.28.